The molecular weight excluding hydrogens is 935 g/mol. The number of ether oxygens (including phenoxy) is 1. The minimum absolute atomic E-state index is 0.00630. The van der Waals surface area contributed by atoms with Gasteiger partial charge in [-0.25, -0.2) is 0 Å². The van der Waals surface area contributed by atoms with Crippen LogP contribution < -0.4 is 5.32 Å². The van der Waals surface area contributed by atoms with E-state index < -0.39 is 12.1 Å². The van der Waals surface area contributed by atoms with Gasteiger partial charge in [0, 0.05) is 12.8 Å². The molecule has 6 nitrogen and oxygen atoms in total. The molecule has 0 aliphatic carbocycles. The molecule has 0 saturated heterocycles. The SMILES string of the molecule is CCCCCC/C=C\CCCCCCCC(=O)OCCCCCCCCCCCCCCCCCCCCCCCCCC(=O)NC(CO)C(O)CCCCCCCCCCCCCCCCCCCCCCCCC. The van der Waals surface area contributed by atoms with E-state index in [4.69, 9.17) is 4.74 Å². The van der Waals surface area contributed by atoms with Gasteiger partial charge in [0.05, 0.1) is 25.4 Å². The van der Waals surface area contributed by atoms with Crippen LogP contribution in [0.15, 0.2) is 12.2 Å². The summed E-state index contributed by atoms with van der Waals surface area (Å²) in [7, 11) is 0. The number of unbranched alkanes of at least 4 members (excludes halogenated alkanes) is 53. The zero-order valence-corrected chi connectivity index (χ0v) is 51.8. The quantitative estimate of drug-likeness (QED) is 0.0320. The van der Waals surface area contributed by atoms with Gasteiger partial charge in [-0.3, -0.25) is 9.59 Å². The lowest BCUT2D eigenvalue weighted by Crippen LogP contribution is -2.45. The number of rotatable bonds is 66. The number of amides is 1. The summed E-state index contributed by atoms with van der Waals surface area (Å²) < 4.78 is 5.48. The van der Waals surface area contributed by atoms with E-state index in [2.05, 4.69) is 31.3 Å². The van der Waals surface area contributed by atoms with Gasteiger partial charge in [-0.2, -0.15) is 0 Å². The third kappa shape index (κ3) is 61.8. The summed E-state index contributed by atoms with van der Waals surface area (Å²) in [6, 6.07) is -0.542. The molecule has 0 saturated carbocycles. The Kier molecular flexibility index (Phi) is 64.9. The molecule has 0 radical (unpaired) electrons. The van der Waals surface area contributed by atoms with Gasteiger partial charge >= 0.3 is 5.97 Å². The van der Waals surface area contributed by atoms with E-state index in [1.807, 2.05) is 0 Å². The maximum Gasteiger partial charge on any atom is 0.305 e. The van der Waals surface area contributed by atoms with E-state index in [1.165, 1.54) is 321 Å². The Morgan fingerprint density at radius 1 is 0.355 bits per heavy atom. The zero-order chi connectivity index (χ0) is 55.0. The summed E-state index contributed by atoms with van der Waals surface area (Å²) in [4.78, 5) is 24.6. The van der Waals surface area contributed by atoms with Crippen LogP contribution in [0.4, 0.5) is 0 Å². The highest BCUT2D eigenvalue weighted by atomic mass is 16.5. The first-order valence-corrected chi connectivity index (χ1v) is 34.9. The Balaban J connectivity index is 3.37. The second-order valence-corrected chi connectivity index (χ2v) is 24.2. The molecule has 6 heteroatoms. The topological polar surface area (TPSA) is 95.9 Å². The standard InChI is InChI=1S/C70H137NO5/c1-3-5-7-9-11-13-15-17-18-19-20-21-23-26-29-32-35-39-42-46-50-54-58-62-68(73)67(66-72)71-69(74)63-59-55-51-47-43-40-36-33-30-27-24-22-25-28-31-34-37-41-45-49-53-57-61-65-76-70(75)64-60-56-52-48-44-38-16-14-12-10-8-6-4-2/h14,16,67-68,72-73H,3-13,15,17-66H2,1-2H3,(H,71,74)/b16-14-. The molecule has 2 unspecified atom stereocenters. The van der Waals surface area contributed by atoms with E-state index in [0.29, 0.717) is 25.9 Å². The van der Waals surface area contributed by atoms with Crippen LogP contribution in [0.2, 0.25) is 0 Å². The average molecular weight is 1070 g/mol. The summed E-state index contributed by atoms with van der Waals surface area (Å²) in [6.45, 7) is 4.98. The molecule has 1 amide bonds. The number of hydrogen-bond donors (Lipinski definition) is 3. The largest absolute Gasteiger partial charge is 0.466 e. The van der Waals surface area contributed by atoms with Crippen molar-refractivity contribution in [3.8, 4) is 0 Å². The number of esters is 1. The average Bonchev–Trinajstić information content (AvgIpc) is 3.42. The fourth-order valence-electron chi connectivity index (χ4n) is 11.2. The van der Waals surface area contributed by atoms with Gasteiger partial charge in [-0.05, 0) is 51.4 Å². The van der Waals surface area contributed by atoms with Gasteiger partial charge in [-0.1, -0.05) is 347 Å². The monoisotopic (exact) mass is 1070 g/mol. The van der Waals surface area contributed by atoms with Gasteiger partial charge in [0.25, 0.3) is 0 Å². The predicted molar refractivity (Wildman–Crippen MR) is 333 cm³/mol. The van der Waals surface area contributed by atoms with Crippen LogP contribution in [0, 0.1) is 0 Å². The Bertz CT molecular complexity index is 1140. The third-order valence-electron chi connectivity index (χ3n) is 16.6. The molecule has 2 atom stereocenters. The van der Waals surface area contributed by atoms with E-state index >= 15 is 0 Å². The van der Waals surface area contributed by atoms with Crippen molar-refractivity contribution in [2.75, 3.05) is 13.2 Å². The molecule has 0 bridgehead atoms. The van der Waals surface area contributed by atoms with Crippen molar-refractivity contribution in [2.24, 2.45) is 0 Å². The number of nitrogens with one attached hydrogen (secondary N) is 1. The molecule has 0 aromatic rings. The number of carbonyl (C=O) groups is 2. The van der Waals surface area contributed by atoms with Crippen molar-refractivity contribution >= 4 is 11.9 Å². The molecule has 0 heterocycles. The van der Waals surface area contributed by atoms with E-state index in [-0.39, 0.29) is 18.5 Å². The van der Waals surface area contributed by atoms with Crippen molar-refractivity contribution in [3.63, 3.8) is 0 Å². The molecule has 0 spiro atoms. The molecule has 76 heavy (non-hydrogen) atoms. The summed E-state index contributed by atoms with van der Waals surface area (Å²) in [5, 5.41) is 23.4. The van der Waals surface area contributed by atoms with Crippen LogP contribution in [0.3, 0.4) is 0 Å². The number of allylic oxidation sites excluding steroid dienone is 2. The summed E-state index contributed by atoms with van der Waals surface area (Å²) >= 11 is 0. The first-order valence-electron chi connectivity index (χ1n) is 34.9. The summed E-state index contributed by atoms with van der Waals surface area (Å²) in [5.41, 5.74) is 0. The van der Waals surface area contributed by atoms with Crippen molar-refractivity contribution < 1.29 is 24.5 Å². The molecule has 0 fully saturated rings. The molecule has 0 aromatic heterocycles. The van der Waals surface area contributed by atoms with Gasteiger partial charge in [0.2, 0.25) is 5.91 Å². The van der Waals surface area contributed by atoms with E-state index in [0.717, 1.165) is 44.9 Å². The van der Waals surface area contributed by atoms with Crippen LogP contribution in [0.1, 0.15) is 399 Å². The first-order chi connectivity index (χ1) is 37.5. The second kappa shape index (κ2) is 66.1. The molecule has 452 valence electrons. The van der Waals surface area contributed by atoms with Crippen LogP contribution in [-0.4, -0.2) is 47.4 Å². The maximum absolute atomic E-state index is 12.6. The van der Waals surface area contributed by atoms with Crippen LogP contribution >= 0.6 is 0 Å². The molecule has 0 rings (SSSR count). The smallest absolute Gasteiger partial charge is 0.305 e. The summed E-state index contributed by atoms with van der Waals surface area (Å²) in [6.07, 6.45) is 81.1. The lowest BCUT2D eigenvalue weighted by Gasteiger charge is -2.22. The van der Waals surface area contributed by atoms with Crippen molar-refractivity contribution in [2.45, 2.75) is 411 Å². The fourth-order valence-corrected chi connectivity index (χ4v) is 11.2. The van der Waals surface area contributed by atoms with Crippen LogP contribution in [0.5, 0.6) is 0 Å². The number of aliphatic hydroxyl groups excluding tert-OH is 2. The minimum atomic E-state index is -0.665. The maximum atomic E-state index is 12.6. The molecule has 3 N–H and O–H groups in total. The molecule has 0 aliphatic rings. The fraction of sp³-hybridized carbons (Fsp3) is 0.943. The highest BCUT2D eigenvalue weighted by Gasteiger charge is 2.20. The minimum Gasteiger partial charge on any atom is -0.466 e. The number of carbonyl (C=O) groups excluding carboxylic acids is 2. The Morgan fingerprint density at radius 2 is 0.618 bits per heavy atom. The predicted octanol–water partition coefficient (Wildman–Crippen LogP) is 22.4. The van der Waals surface area contributed by atoms with Gasteiger partial charge in [-0.15, -0.1) is 0 Å². The first kappa shape index (κ1) is 74.6. The van der Waals surface area contributed by atoms with Crippen LogP contribution in [-0.2, 0) is 14.3 Å². The van der Waals surface area contributed by atoms with Gasteiger partial charge in [0.1, 0.15) is 0 Å². The van der Waals surface area contributed by atoms with Crippen LogP contribution in [0.25, 0.3) is 0 Å². The Hall–Kier alpha value is -1.40. The zero-order valence-electron chi connectivity index (χ0n) is 51.8. The Morgan fingerprint density at radius 3 is 0.947 bits per heavy atom. The molecule has 0 aliphatic heterocycles. The van der Waals surface area contributed by atoms with E-state index in [9.17, 15) is 19.8 Å². The lowest BCUT2D eigenvalue weighted by atomic mass is 10.0. The third-order valence-corrected chi connectivity index (χ3v) is 16.6. The number of aliphatic hydroxyl groups is 2. The van der Waals surface area contributed by atoms with E-state index in [1.54, 1.807) is 0 Å². The number of hydrogen-bond acceptors (Lipinski definition) is 5. The van der Waals surface area contributed by atoms with Crippen molar-refractivity contribution in [1.29, 1.82) is 0 Å². The van der Waals surface area contributed by atoms with Gasteiger partial charge in [0.15, 0.2) is 0 Å². The highest BCUT2D eigenvalue weighted by Crippen LogP contribution is 2.19. The van der Waals surface area contributed by atoms with Crippen molar-refractivity contribution in [1.82, 2.24) is 5.32 Å². The second-order valence-electron chi connectivity index (χ2n) is 24.2. The Labute approximate surface area is 476 Å². The highest BCUT2D eigenvalue weighted by molar-refractivity contribution is 5.76. The summed E-state index contributed by atoms with van der Waals surface area (Å²) in [5.74, 6) is -0.0231. The molecule has 0 aromatic carbocycles. The van der Waals surface area contributed by atoms with Gasteiger partial charge < -0.3 is 20.3 Å². The van der Waals surface area contributed by atoms with Crippen molar-refractivity contribution in [3.05, 3.63) is 12.2 Å². The normalized spacial score (nSPS) is 12.5. The molecular formula is C70H137NO5. The lowest BCUT2D eigenvalue weighted by molar-refractivity contribution is -0.143.